The minimum absolute atomic E-state index is 0.638. The van der Waals surface area contributed by atoms with Crippen LogP contribution in [0.1, 0.15) is 128 Å². The topological polar surface area (TPSA) is 9.23 Å². The molecular weight excluding hydrogens is 376 g/mol. The number of hydrogen-bond acceptors (Lipinski definition) is 1. The van der Waals surface area contributed by atoms with Crippen LogP contribution in [0, 0.1) is 0 Å². The fourth-order valence-electron chi connectivity index (χ4n) is 4.65. The molecule has 0 fully saturated rings. The molecule has 0 aliphatic carbocycles. The van der Waals surface area contributed by atoms with Crippen molar-refractivity contribution >= 4 is 0 Å². The number of benzene rings is 2. The van der Waals surface area contributed by atoms with Crippen molar-refractivity contribution in [3.63, 3.8) is 0 Å². The fraction of sp³-hybridized carbons (Fsp3) is 0.600. The standard InChI is InChI=1S/C30H46O/c1-5-9-11-13-17-25(7-3)27-19-15-21-29(23-27)31-30-22-16-20-28(24-30)26(8-4)18-14-12-10-6-2/h15-16,19-26H,5-14,17-18H2,1-4H3. The van der Waals surface area contributed by atoms with Gasteiger partial charge in [0.1, 0.15) is 11.5 Å². The second kappa shape index (κ2) is 15.1. The molecule has 0 radical (unpaired) electrons. The Morgan fingerprint density at radius 3 is 1.42 bits per heavy atom. The summed E-state index contributed by atoms with van der Waals surface area (Å²) < 4.78 is 6.34. The molecule has 0 bridgehead atoms. The first kappa shape index (κ1) is 25.5. The Morgan fingerprint density at radius 1 is 0.581 bits per heavy atom. The van der Waals surface area contributed by atoms with Crippen molar-refractivity contribution in [1.29, 1.82) is 0 Å². The van der Waals surface area contributed by atoms with Crippen molar-refractivity contribution in [2.75, 3.05) is 0 Å². The zero-order valence-corrected chi connectivity index (χ0v) is 20.7. The molecule has 2 unspecified atom stereocenters. The third-order valence-corrected chi connectivity index (χ3v) is 6.69. The summed E-state index contributed by atoms with van der Waals surface area (Å²) in [5, 5.41) is 0. The van der Waals surface area contributed by atoms with Gasteiger partial charge in [-0.15, -0.1) is 0 Å². The predicted octanol–water partition coefficient (Wildman–Crippen LogP) is 10.4. The van der Waals surface area contributed by atoms with Crippen molar-refractivity contribution in [1.82, 2.24) is 0 Å². The van der Waals surface area contributed by atoms with E-state index < -0.39 is 0 Å². The summed E-state index contributed by atoms with van der Waals surface area (Å²) in [6, 6.07) is 17.6. The Labute approximate surface area is 192 Å². The van der Waals surface area contributed by atoms with Crippen LogP contribution in [0.2, 0.25) is 0 Å². The fourth-order valence-corrected chi connectivity index (χ4v) is 4.65. The SMILES string of the molecule is CCCCCCC(CC)c1cccc(Oc2cccc(C(CC)CCCCCC)c2)c1. The number of hydrogen-bond donors (Lipinski definition) is 0. The molecule has 2 aromatic carbocycles. The summed E-state index contributed by atoms with van der Waals surface area (Å²) in [5.41, 5.74) is 2.85. The summed E-state index contributed by atoms with van der Waals surface area (Å²) in [4.78, 5) is 0. The van der Waals surface area contributed by atoms with E-state index in [1.54, 1.807) is 0 Å². The van der Waals surface area contributed by atoms with Crippen molar-refractivity contribution in [2.24, 2.45) is 0 Å². The summed E-state index contributed by atoms with van der Waals surface area (Å²) >= 11 is 0. The van der Waals surface area contributed by atoms with Gasteiger partial charge in [-0.1, -0.05) is 103 Å². The largest absolute Gasteiger partial charge is 0.457 e. The summed E-state index contributed by atoms with van der Waals surface area (Å²) in [5.74, 6) is 3.22. The van der Waals surface area contributed by atoms with Gasteiger partial charge in [-0.3, -0.25) is 0 Å². The lowest BCUT2D eigenvalue weighted by Gasteiger charge is -2.18. The Balaban J connectivity index is 2.02. The van der Waals surface area contributed by atoms with Crippen molar-refractivity contribution < 1.29 is 4.74 Å². The molecule has 2 atom stereocenters. The first-order chi connectivity index (χ1) is 15.2. The van der Waals surface area contributed by atoms with Crippen LogP contribution in [0.5, 0.6) is 11.5 Å². The molecule has 1 nitrogen and oxygen atoms in total. The third kappa shape index (κ3) is 9.09. The van der Waals surface area contributed by atoms with E-state index in [1.807, 2.05) is 0 Å². The second-order valence-electron chi connectivity index (χ2n) is 9.16. The average molecular weight is 423 g/mol. The Bertz CT molecular complexity index is 658. The first-order valence-electron chi connectivity index (χ1n) is 13.1. The molecule has 172 valence electrons. The van der Waals surface area contributed by atoms with Crippen LogP contribution in [0.15, 0.2) is 48.5 Å². The Hall–Kier alpha value is -1.76. The van der Waals surface area contributed by atoms with Gasteiger partial charge in [0.25, 0.3) is 0 Å². The monoisotopic (exact) mass is 422 g/mol. The molecular formula is C30H46O. The average Bonchev–Trinajstić information content (AvgIpc) is 2.80. The van der Waals surface area contributed by atoms with E-state index in [0.717, 1.165) is 11.5 Å². The molecule has 0 saturated carbocycles. The predicted molar refractivity (Wildman–Crippen MR) is 137 cm³/mol. The lowest BCUT2D eigenvalue weighted by atomic mass is 9.90. The molecule has 0 spiro atoms. The molecule has 0 heterocycles. The number of unbranched alkanes of at least 4 members (excludes halogenated alkanes) is 6. The minimum Gasteiger partial charge on any atom is -0.457 e. The Kier molecular flexibility index (Phi) is 12.4. The maximum atomic E-state index is 6.34. The molecule has 0 N–H and O–H groups in total. The van der Waals surface area contributed by atoms with E-state index in [2.05, 4.69) is 76.2 Å². The maximum absolute atomic E-state index is 6.34. The highest BCUT2D eigenvalue weighted by molar-refractivity contribution is 5.37. The van der Waals surface area contributed by atoms with E-state index in [1.165, 1.54) is 88.2 Å². The van der Waals surface area contributed by atoms with Gasteiger partial charge in [0.2, 0.25) is 0 Å². The lowest BCUT2D eigenvalue weighted by molar-refractivity contribution is 0.475. The van der Waals surface area contributed by atoms with Gasteiger partial charge in [-0.05, 0) is 72.9 Å². The summed E-state index contributed by atoms with van der Waals surface area (Å²) in [6.45, 7) is 9.18. The van der Waals surface area contributed by atoms with Crippen LogP contribution >= 0.6 is 0 Å². The molecule has 0 aliphatic heterocycles. The van der Waals surface area contributed by atoms with Gasteiger partial charge < -0.3 is 4.74 Å². The van der Waals surface area contributed by atoms with Gasteiger partial charge in [0.05, 0.1) is 0 Å². The smallest absolute Gasteiger partial charge is 0.127 e. The van der Waals surface area contributed by atoms with E-state index in [4.69, 9.17) is 4.74 Å². The van der Waals surface area contributed by atoms with Gasteiger partial charge in [-0.25, -0.2) is 0 Å². The van der Waals surface area contributed by atoms with Gasteiger partial charge in [0, 0.05) is 0 Å². The van der Waals surface area contributed by atoms with Crippen molar-refractivity contribution in [2.45, 2.75) is 117 Å². The van der Waals surface area contributed by atoms with Crippen LogP contribution in [0.3, 0.4) is 0 Å². The van der Waals surface area contributed by atoms with E-state index in [-0.39, 0.29) is 0 Å². The van der Waals surface area contributed by atoms with E-state index in [0.29, 0.717) is 11.8 Å². The number of ether oxygens (including phenoxy) is 1. The van der Waals surface area contributed by atoms with Gasteiger partial charge in [0.15, 0.2) is 0 Å². The summed E-state index contributed by atoms with van der Waals surface area (Å²) in [6.07, 6.45) is 15.6. The zero-order valence-electron chi connectivity index (χ0n) is 20.7. The normalized spacial score (nSPS) is 13.2. The molecule has 0 aliphatic rings. The molecule has 0 aromatic heterocycles. The highest BCUT2D eigenvalue weighted by Crippen LogP contribution is 2.33. The van der Waals surface area contributed by atoms with E-state index >= 15 is 0 Å². The van der Waals surface area contributed by atoms with Crippen LogP contribution in [-0.2, 0) is 0 Å². The second-order valence-corrected chi connectivity index (χ2v) is 9.16. The quantitative estimate of drug-likeness (QED) is 0.244. The van der Waals surface area contributed by atoms with Crippen LogP contribution in [0.4, 0.5) is 0 Å². The highest BCUT2D eigenvalue weighted by Gasteiger charge is 2.12. The van der Waals surface area contributed by atoms with Gasteiger partial charge >= 0.3 is 0 Å². The minimum atomic E-state index is 0.638. The lowest BCUT2D eigenvalue weighted by Crippen LogP contribution is -1.99. The van der Waals surface area contributed by atoms with Crippen molar-refractivity contribution in [3.8, 4) is 11.5 Å². The van der Waals surface area contributed by atoms with Crippen LogP contribution in [0.25, 0.3) is 0 Å². The number of rotatable bonds is 16. The molecule has 2 rings (SSSR count). The maximum Gasteiger partial charge on any atom is 0.127 e. The van der Waals surface area contributed by atoms with Gasteiger partial charge in [-0.2, -0.15) is 0 Å². The van der Waals surface area contributed by atoms with Crippen molar-refractivity contribution in [3.05, 3.63) is 59.7 Å². The molecule has 1 heteroatoms. The van der Waals surface area contributed by atoms with E-state index in [9.17, 15) is 0 Å². The molecule has 0 amide bonds. The third-order valence-electron chi connectivity index (χ3n) is 6.69. The molecule has 31 heavy (non-hydrogen) atoms. The van der Waals surface area contributed by atoms with Crippen LogP contribution in [-0.4, -0.2) is 0 Å². The highest BCUT2D eigenvalue weighted by atomic mass is 16.5. The summed E-state index contributed by atoms with van der Waals surface area (Å²) in [7, 11) is 0. The molecule has 0 saturated heterocycles. The van der Waals surface area contributed by atoms with Crippen LogP contribution < -0.4 is 4.74 Å². The Morgan fingerprint density at radius 2 is 1.03 bits per heavy atom. The molecule has 2 aromatic rings. The zero-order chi connectivity index (χ0) is 22.3. The first-order valence-corrected chi connectivity index (χ1v) is 13.1.